The smallest absolute Gasteiger partial charge is 0.274 e. The number of nitrogens with zero attached hydrogens (tertiary/aromatic N) is 3. The van der Waals surface area contributed by atoms with Crippen molar-refractivity contribution in [1.29, 1.82) is 0 Å². The highest BCUT2D eigenvalue weighted by atomic mass is 19.1. The first-order valence-electron chi connectivity index (χ1n) is 10.0. The van der Waals surface area contributed by atoms with Crippen molar-refractivity contribution in [2.24, 2.45) is 0 Å². The number of hydrogen-bond donors (Lipinski definition) is 2. The van der Waals surface area contributed by atoms with Crippen LogP contribution in [0.3, 0.4) is 0 Å². The van der Waals surface area contributed by atoms with Crippen LogP contribution in [-0.4, -0.2) is 25.5 Å². The van der Waals surface area contributed by atoms with E-state index in [-0.39, 0.29) is 28.6 Å². The Morgan fingerprint density at radius 1 is 1.12 bits per heavy atom. The number of nitrogens with one attached hydrogen (secondary N) is 2. The summed E-state index contributed by atoms with van der Waals surface area (Å²) in [6.45, 7) is 1.79. The molecule has 0 saturated heterocycles. The summed E-state index contributed by atoms with van der Waals surface area (Å²) in [5.74, 6) is -0.775. The van der Waals surface area contributed by atoms with E-state index in [9.17, 15) is 14.0 Å². The number of carbonyl (C=O) groups is 1. The average Bonchev–Trinajstić information content (AvgIpc) is 3.24. The highest BCUT2D eigenvalue weighted by Gasteiger charge is 2.17. The summed E-state index contributed by atoms with van der Waals surface area (Å²) in [6, 6.07) is 16.6. The first kappa shape index (κ1) is 19.6. The maximum absolute atomic E-state index is 13.1. The second-order valence-corrected chi connectivity index (χ2v) is 7.52. The lowest BCUT2D eigenvalue weighted by molar-refractivity contribution is 0.0934. The summed E-state index contributed by atoms with van der Waals surface area (Å²) in [7, 11) is 0. The molecular weight excluding hydrogens is 409 g/mol. The molecule has 0 aliphatic heterocycles. The summed E-state index contributed by atoms with van der Waals surface area (Å²) in [5.41, 5.74) is 2.87. The van der Waals surface area contributed by atoms with Crippen LogP contribution in [0.4, 0.5) is 4.39 Å². The van der Waals surface area contributed by atoms with Gasteiger partial charge in [-0.1, -0.05) is 30.3 Å². The maximum atomic E-state index is 13.1. The summed E-state index contributed by atoms with van der Waals surface area (Å²) >= 11 is 0. The second kappa shape index (κ2) is 7.73. The van der Waals surface area contributed by atoms with Crippen molar-refractivity contribution in [1.82, 2.24) is 24.9 Å². The van der Waals surface area contributed by atoms with Gasteiger partial charge in [0.2, 0.25) is 0 Å². The van der Waals surface area contributed by atoms with Crippen molar-refractivity contribution in [3.63, 3.8) is 0 Å². The quantitative estimate of drug-likeness (QED) is 0.456. The van der Waals surface area contributed by atoms with Gasteiger partial charge in [-0.15, -0.1) is 0 Å². The van der Waals surface area contributed by atoms with E-state index >= 15 is 0 Å². The molecule has 0 bridgehead atoms. The van der Waals surface area contributed by atoms with Crippen LogP contribution in [-0.2, 0) is 0 Å². The van der Waals surface area contributed by atoms with Gasteiger partial charge >= 0.3 is 0 Å². The number of hydrogen-bond acceptors (Lipinski definition) is 4. The fourth-order valence-electron chi connectivity index (χ4n) is 3.58. The number of H-pyrrole nitrogens is 1. The third kappa shape index (κ3) is 3.62. The zero-order chi connectivity index (χ0) is 22.2. The third-order valence-corrected chi connectivity index (χ3v) is 5.32. The number of para-hydroxylation sites is 1. The van der Waals surface area contributed by atoms with Gasteiger partial charge in [0.1, 0.15) is 11.3 Å². The summed E-state index contributed by atoms with van der Waals surface area (Å²) in [5, 5.41) is 8.05. The van der Waals surface area contributed by atoms with Crippen molar-refractivity contribution in [2.75, 3.05) is 0 Å². The van der Waals surface area contributed by atoms with Gasteiger partial charge in [0.05, 0.1) is 23.4 Å². The summed E-state index contributed by atoms with van der Waals surface area (Å²) in [6.07, 6.45) is 3.34. The summed E-state index contributed by atoms with van der Waals surface area (Å²) < 4.78 is 14.5. The van der Waals surface area contributed by atoms with Crippen LogP contribution < -0.4 is 10.9 Å². The number of carbonyl (C=O) groups excluding carboxylic acids is 1. The molecule has 32 heavy (non-hydrogen) atoms. The Kier molecular flexibility index (Phi) is 4.74. The van der Waals surface area contributed by atoms with Crippen molar-refractivity contribution in [3.05, 3.63) is 100 Å². The van der Waals surface area contributed by atoms with Gasteiger partial charge in [-0.05, 0) is 36.8 Å². The fourth-order valence-corrected chi connectivity index (χ4v) is 3.58. The van der Waals surface area contributed by atoms with Crippen molar-refractivity contribution in [3.8, 4) is 11.3 Å². The van der Waals surface area contributed by atoms with Gasteiger partial charge in [-0.25, -0.2) is 8.91 Å². The number of amides is 1. The van der Waals surface area contributed by atoms with Crippen molar-refractivity contribution >= 4 is 22.3 Å². The third-order valence-electron chi connectivity index (χ3n) is 5.32. The molecule has 5 rings (SSSR count). The Morgan fingerprint density at radius 2 is 1.91 bits per heavy atom. The molecule has 3 heterocycles. The molecule has 158 valence electrons. The molecule has 5 aromatic rings. The van der Waals surface area contributed by atoms with Crippen LogP contribution in [0.15, 0.2) is 77.9 Å². The average molecular weight is 427 g/mol. The Labute approximate surface area is 181 Å². The van der Waals surface area contributed by atoms with E-state index in [4.69, 9.17) is 0 Å². The van der Waals surface area contributed by atoms with Crippen LogP contribution in [0.2, 0.25) is 0 Å². The molecule has 2 aromatic carbocycles. The largest absolute Gasteiger partial charge is 0.344 e. The van der Waals surface area contributed by atoms with Crippen LogP contribution in [0, 0.1) is 5.82 Å². The van der Waals surface area contributed by atoms with Gasteiger partial charge in [-0.3, -0.25) is 14.6 Å². The van der Waals surface area contributed by atoms with Gasteiger partial charge in [-0.2, -0.15) is 5.10 Å². The molecule has 1 amide bonds. The van der Waals surface area contributed by atoms with Crippen molar-refractivity contribution < 1.29 is 9.18 Å². The number of rotatable bonds is 4. The maximum Gasteiger partial charge on any atom is 0.274 e. The molecular formula is C24H18FN5O2. The number of fused-ring (bicyclic) bond motifs is 2. The predicted octanol–water partition coefficient (Wildman–Crippen LogP) is 3.87. The van der Waals surface area contributed by atoms with E-state index < -0.39 is 5.91 Å². The molecule has 7 nitrogen and oxygen atoms in total. The van der Waals surface area contributed by atoms with Gasteiger partial charge in [0, 0.05) is 23.2 Å². The van der Waals surface area contributed by atoms with Crippen LogP contribution in [0.25, 0.3) is 27.7 Å². The van der Waals surface area contributed by atoms with Crippen LogP contribution >= 0.6 is 0 Å². The Morgan fingerprint density at radius 3 is 2.72 bits per heavy atom. The Balaban J connectivity index is 1.45. The van der Waals surface area contributed by atoms with Gasteiger partial charge in [0.15, 0.2) is 5.69 Å². The first-order valence-corrected chi connectivity index (χ1v) is 10.0. The highest BCUT2D eigenvalue weighted by Crippen LogP contribution is 2.21. The minimum absolute atomic E-state index is 0.109. The number of benzene rings is 2. The monoisotopic (exact) mass is 427 g/mol. The zero-order valence-electron chi connectivity index (χ0n) is 17.0. The van der Waals surface area contributed by atoms with E-state index in [2.05, 4.69) is 20.4 Å². The van der Waals surface area contributed by atoms with Gasteiger partial charge in [0.25, 0.3) is 11.5 Å². The summed E-state index contributed by atoms with van der Waals surface area (Å²) in [4.78, 5) is 32.6. The molecule has 0 fully saturated rings. The van der Waals surface area contributed by atoms with E-state index in [0.717, 1.165) is 22.0 Å². The molecule has 0 unspecified atom stereocenters. The molecule has 2 N–H and O–H groups in total. The van der Waals surface area contributed by atoms with E-state index in [0.29, 0.717) is 5.69 Å². The first-order chi connectivity index (χ1) is 15.5. The minimum atomic E-state index is -0.432. The predicted molar refractivity (Wildman–Crippen MR) is 119 cm³/mol. The number of halogens is 1. The van der Waals surface area contributed by atoms with E-state index in [1.54, 1.807) is 31.5 Å². The fraction of sp³-hybridized carbons (Fsp3) is 0.0833. The van der Waals surface area contributed by atoms with Crippen LogP contribution in [0.5, 0.6) is 0 Å². The standard InChI is InChI=1S/C24H18FN5O2/c1-14(15-6-8-18(25)9-7-15)27-23(31)20-11-22-24(32)28-21(13-30(22)29-20)17-10-16-4-2-3-5-19(16)26-12-17/h2-14H,1H3,(H,27,31)(H,28,32)/t14-/m1/s1. The molecule has 0 radical (unpaired) electrons. The molecule has 0 aliphatic rings. The lowest BCUT2D eigenvalue weighted by Gasteiger charge is -2.13. The van der Waals surface area contributed by atoms with E-state index in [1.165, 1.54) is 22.7 Å². The minimum Gasteiger partial charge on any atom is -0.344 e. The number of aromatic nitrogens is 4. The van der Waals surface area contributed by atoms with E-state index in [1.807, 2.05) is 30.3 Å². The van der Waals surface area contributed by atoms with Crippen molar-refractivity contribution in [2.45, 2.75) is 13.0 Å². The molecule has 3 aromatic heterocycles. The topological polar surface area (TPSA) is 92.1 Å². The normalized spacial score (nSPS) is 12.2. The Bertz CT molecular complexity index is 1520. The number of pyridine rings is 1. The zero-order valence-corrected chi connectivity index (χ0v) is 17.0. The Hall–Kier alpha value is -4.33. The SMILES string of the molecule is C[C@@H](NC(=O)c1cc2c(=O)[nH]c(-c3cnc4ccccc4c3)cn2n1)c1ccc(F)cc1. The number of aromatic amines is 1. The highest BCUT2D eigenvalue weighted by molar-refractivity contribution is 5.93. The lowest BCUT2D eigenvalue weighted by Crippen LogP contribution is -2.27. The van der Waals surface area contributed by atoms with Gasteiger partial charge < -0.3 is 10.3 Å². The van der Waals surface area contributed by atoms with Crippen LogP contribution in [0.1, 0.15) is 29.0 Å². The second-order valence-electron chi connectivity index (χ2n) is 7.52. The molecule has 0 saturated carbocycles. The molecule has 0 aliphatic carbocycles. The lowest BCUT2D eigenvalue weighted by atomic mass is 10.1. The molecule has 0 spiro atoms. The molecule has 1 atom stereocenters. The molecule has 8 heteroatoms.